The molecule has 132 valence electrons. The summed E-state index contributed by atoms with van der Waals surface area (Å²) in [6.45, 7) is 1.75. The fraction of sp³-hybridized carbons (Fsp3) is 0.412. The van der Waals surface area contributed by atoms with Crippen molar-refractivity contribution >= 4 is 17.6 Å². The zero-order chi connectivity index (χ0) is 17.5. The molecule has 2 N–H and O–H groups in total. The molecule has 3 amide bonds. The Hall–Kier alpha value is -2.90. The third kappa shape index (κ3) is 4.79. The number of hydrogen-bond acceptors (Lipinski definition) is 4. The molecule has 25 heavy (non-hydrogen) atoms. The Morgan fingerprint density at radius 3 is 2.92 bits per heavy atom. The fourth-order valence-corrected chi connectivity index (χ4v) is 2.75. The molecule has 0 aromatic carbocycles. The lowest BCUT2D eigenvalue weighted by Crippen LogP contribution is -2.39. The number of pyridine rings is 1. The normalized spacial score (nSPS) is 14.9. The van der Waals surface area contributed by atoms with Crippen molar-refractivity contribution in [3.05, 3.63) is 36.8 Å². The lowest BCUT2D eigenvalue weighted by molar-refractivity contribution is -0.130. The van der Waals surface area contributed by atoms with Gasteiger partial charge >= 0.3 is 6.03 Å². The highest BCUT2D eigenvalue weighted by Gasteiger charge is 2.16. The van der Waals surface area contributed by atoms with Crippen LogP contribution in [0.2, 0.25) is 0 Å². The van der Waals surface area contributed by atoms with Gasteiger partial charge < -0.3 is 15.5 Å². The molecule has 0 radical (unpaired) electrons. The largest absolute Gasteiger partial charge is 0.341 e. The molecule has 0 unspecified atom stereocenters. The molecule has 0 spiro atoms. The summed E-state index contributed by atoms with van der Waals surface area (Å²) in [6, 6.07) is 5.05. The molecule has 8 heteroatoms. The lowest BCUT2D eigenvalue weighted by atomic mass is 10.2. The van der Waals surface area contributed by atoms with E-state index in [9.17, 15) is 9.59 Å². The maximum atomic E-state index is 11.9. The van der Waals surface area contributed by atoms with Crippen molar-refractivity contribution in [2.45, 2.75) is 25.7 Å². The topological polar surface area (TPSA) is 92.2 Å². The molecule has 3 rings (SSSR count). The van der Waals surface area contributed by atoms with Crippen LogP contribution >= 0.6 is 0 Å². The maximum Gasteiger partial charge on any atom is 0.319 e. The van der Waals surface area contributed by atoms with Gasteiger partial charge in [0.1, 0.15) is 0 Å². The number of likely N-dealkylation sites (tertiary alicyclic amines) is 1. The van der Waals surface area contributed by atoms with Gasteiger partial charge in [0.15, 0.2) is 5.82 Å². The predicted molar refractivity (Wildman–Crippen MR) is 93.4 cm³/mol. The third-order valence-electron chi connectivity index (χ3n) is 4.08. The van der Waals surface area contributed by atoms with Crippen molar-refractivity contribution in [2.24, 2.45) is 0 Å². The monoisotopic (exact) mass is 342 g/mol. The average molecular weight is 342 g/mol. The first-order valence-electron chi connectivity index (χ1n) is 8.51. The molecule has 8 nitrogen and oxygen atoms in total. The molecule has 1 saturated heterocycles. The number of aromatic nitrogens is 3. The van der Waals surface area contributed by atoms with Crippen LogP contribution in [0.25, 0.3) is 5.82 Å². The number of amides is 3. The van der Waals surface area contributed by atoms with Crippen LogP contribution in [-0.2, 0) is 4.79 Å². The summed E-state index contributed by atoms with van der Waals surface area (Å²) >= 11 is 0. The molecule has 1 aliphatic rings. The van der Waals surface area contributed by atoms with Crippen molar-refractivity contribution in [3.63, 3.8) is 0 Å². The molecule has 1 fully saturated rings. The van der Waals surface area contributed by atoms with Gasteiger partial charge in [-0.25, -0.2) is 14.5 Å². The highest BCUT2D eigenvalue weighted by Crippen LogP contribution is 2.11. The van der Waals surface area contributed by atoms with Crippen LogP contribution < -0.4 is 10.6 Å². The van der Waals surface area contributed by atoms with Crippen molar-refractivity contribution in [1.82, 2.24) is 25.0 Å². The van der Waals surface area contributed by atoms with Crippen molar-refractivity contribution in [1.29, 1.82) is 0 Å². The zero-order valence-corrected chi connectivity index (χ0v) is 14.0. The summed E-state index contributed by atoms with van der Waals surface area (Å²) in [4.78, 5) is 29.9. The first-order chi connectivity index (χ1) is 12.2. The molecule has 0 saturated carbocycles. The number of hydrogen-bond donors (Lipinski definition) is 2. The number of urea groups is 1. The Labute approximate surface area is 146 Å². The molecule has 0 aliphatic carbocycles. The van der Waals surface area contributed by atoms with E-state index in [2.05, 4.69) is 20.7 Å². The van der Waals surface area contributed by atoms with Gasteiger partial charge in [-0.15, -0.1) is 0 Å². The van der Waals surface area contributed by atoms with E-state index in [0.29, 0.717) is 31.0 Å². The Balaban J connectivity index is 1.43. The van der Waals surface area contributed by atoms with Gasteiger partial charge in [0, 0.05) is 38.4 Å². The molecule has 2 aromatic heterocycles. The van der Waals surface area contributed by atoms with E-state index >= 15 is 0 Å². The number of anilines is 1. The first-order valence-corrected chi connectivity index (χ1v) is 8.51. The number of nitrogens with zero attached hydrogens (tertiary/aromatic N) is 4. The molecular formula is C17H22N6O2. The summed E-state index contributed by atoms with van der Waals surface area (Å²) < 4.78 is 1.64. The lowest BCUT2D eigenvalue weighted by Gasteiger charge is -2.20. The Kier molecular flexibility index (Phi) is 5.61. The minimum Gasteiger partial charge on any atom is -0.341 e. The van der Waals surface area contributed by atoms with Gasteiger partial charge in [0.2, 0.25) is 5.91 Å². The standard InChI is InChI=1S/C17H22N6O2/c24-16-5-2-1-3-10-22(16)12-9-18-17(25)21-14-6-7-15(19-13-14)23-11-4-8-20-23/h4,6-8,11,13H,1-3,5,9-10,12H2,(H2,18,21,25). The molecule has 0 atom stereocenters. The highest BCUT2D eigenvalue weighted by atomic mass is 16.2. The van der Waals surface area contributed by atoms with E-state index in [-0.39, 0.29) is 11.9 Å². The van der Waals surface area contributed by atoms with Crippen LogP contribution in [0.15, 0.2) is 36.8 Å². The first kappa shape index (κ1) is 16.9. The van der Waals surface area contributed by atoms with Crippen LogP contribution in [0, 0.1) is 0 Å². The SMILES string of the molecule is O=C(NCCN1CCCCCC1=O)Nc1ccc(-n2cccn2)nc1. The summed E-state index contributed by atoms with van der Waals surface area (Å²) in [5, 5.41) is 9.60. The van der Waals surface area contributed by atoms with Crippen LogP contribution in [0.5, 0.6) is 0 Å². The minimum absolute atomic E-state index is 0.179. The van der Waals surface area contributed by atoms with E-state index < -0.39 is 0 Å². The van der Waals surface area contributed by atoms with Crippen molar-refractivity contribution in [3.8, 4) is 5.82 Å². The summed E-state index contributed by atoms with van der Waals surface area (Å²) in [6.07, 6.45) is 8.76. The Bertz CT molecular complexity index is 698. The molecule has 1 aliphatic heterocycles. The van der Waals surface area contributed by atoms with E-state index in [0.717, 1.165) is 25.8 Å². The predicted octanol–water partition coefficient (Wildman–Crippen LogP) is 1.79. The van der Waals surface area contributed by atoms with Crippen LogP contribution in [-0.4, -0.2) is 51.2 Å². The second kappa shape index (κ2) is 8.27. The van der Waals surface area contributed by atoms with E-state index in [1.165, 1.54) is 0 Å². The Morgan fingerprint density at radius 1 is 1.24 bits per heavy atom. The van der Waals surface area contributed by atoms with Gasteiger partial charge in [-0.2, -0.15) is 5.10 Å². The zero-order valence-electron chi connectivity index (χ0n) is 14.0. The smallest absolute Gasteiger partial charge is 0.319 e. The highest BCUT2D eigenvalue weighted by molar-refractivity contribution is 5.89. The van der Waals surface area contributed by atoms with Gasteiger partial charge in [-0.1, -0.05) is 6.42 Å². The minimum atomic E-state index is -0.309. The Morgan fingerprint density at radius 2 is 2.16 bits per heavy atom. The second-order valence-corrected chi connectivity index (χ2v) is 5.93. The van der Waals surface area contributed by atoms with E-state index in [4.69, 9.17) is 0 Å². The van der Waals surface area contributed by atoms with E-state index in [1.807, 2.05) is 11.0 Å². The fourth-order valence-electron chi connectivity index (χ4n) is 2.75. The molecular weight excluding hydrogens is 320 g/mol. The van der Waals surface area contributed by atoms with Crippen LogP contribution in [0.4, 0.5) is 10.5 Å². The molecule has 3 heterocycles. The van der Waals surface area contributed by atoms with Gasteiger partial charge in [-0.05, 0) is 31.0 Å². The van der Waals surface area contributed by atoms with Crippen LogP contribution in [0.1, 0.15) is 25.7 Å². The number of carbonyl (C=O) groups excluding carboxylic acids is 2. The number of nitrogens with one attached hydrogen (secondary N) is 2. The third-order valence-corrected chi connectivity index (χ3v) is 4.08. The quantitative estimate of drug-likeness (QED) is 0.866. The summed E-state index contributed by atoms with van der Waals surface area (Å²) in [5.41, 5.74) is 0.597. The molecule has 0 bridgehead atoms. The summed E-state index contributed by atoms with van der Waals surface area (Å²) in [5.74, 6) is 0.855. The van der Waals surface area contributed by atoms with Crippen molar-refractivity contribution in [2.75, 3.05) is 25.0 Å². The number of carbonyl (C=O) groups is 2. The van der Waals surface area contributed by atoms with Crippen molar-refractivity contribution < 1.29 is 9.59 Å². The second-order valence-electron chi connectivity index (χ2n) is 5.93. The molecule has 2 aromatic rings. The average Bonchev–Trinajstić information content (AvgIpc) is 3.07. The van der Waals surface area contributed by atoms with Gasteiger partial charge in [0.05, 0.1) is 11.9 Å². The summed E-state index contributed by atoms with van der Waals surface area (Å²) in [7, 11) is 0. The van der Waals surface area contributed by atoms with E-state index in [1.54, 1.807) is 35.4 Å². The van der Waals surface area contributed by atoms with Crippen LogP contribution in [0.3, 0.4) is 0 Å². The van der Waals surface area contributed by atoms with Gasteiger partial charge in [-0.3, -0.25) is 4.79 Å². The van der Waals surface area contributed by atoms with Gasteiger partial charge in [0.25, 0.3) is 0 Å². The maximum absolute atomic E-state index is 11.9. The number of rotatable bonds is 5.